The first-order chi connectivity index (χ1) is 38.2. The number of hydrogen-bond acceptors (Lipinski definition) is 7. The third-order valence-corrected chi connectivity index (χ3v) is 15.3. The van der Waals surface area contributed by atoms with E-state index in [1.165, 1.54) is 128 Å². The molecule has 0 saturated carbocycles. The van der Waals surface area contributed by atoms with Crippen LogP contribution in [0.3, 0.4) is 0 Å². The zero-order chi connectivity index (χ0) is 55.1. The van der Waals surface area contributed by atoms with Crippen LogP contribution in [0.4, 0.5) is 0 Å². The standard InChI is InChI=1S/C70H105NO7/c1-5-6-7-8-9-10-11-12-13-14-15-16-17-18-19-20-21-22-23-24-25-26-39-50-66(73)71-62(63(72)49-40-51-70(2,3)4)52-64-67(75-54-59-43-33-28-34-44-59)69(77-56-61-47-37-30-38-48-61)68(76-55-60-45-35-29-36-46-60)65(78-64)57-74-53-58-41-31-27-32-42-58/h27-38,40-49,62-65,67-69,72H,5-26,39,50-57H2,1-4H3,(H,71,73)/t62-,63+,64+,65+,67-,68-,69+/m0/s1. The number of benzene rings is 4. The fourth-order valence-electron chi connectivity index (χ4n) is 10.7. The normalized spacial score (nSPS) is 18.6. The van der Waals surface area contributed by atoms with Crippen LogP contribution >= 0.6 is 0 Å². The first-order valence-electron chi connectivity index (χ1n) is 31.1. The number of unbranched alkanes of at least 4 members (excludes halogenated alkanes) is 22. The molecule has 7 atom stereocenters. The number of ether oxygens (including phenoxy) is 5. The summed E-state index contributed by atoms with van der Waals surface area (Å²) < 4.78 is 34.6. The summed E-state index contributed by atoms with van der Waals surface area (Å²) in [6, 6.07) is 39.9. The second-order valence-electron chi connectivity index (χ2n) is 23.6. The van der Waals surface area contributed by atoms with Gasteiger partial charge in [-0.05, 0) is 46.9 Å². The molecule has 1 aliphatic rings. The lowest BCUT2D eigenvalue weighted by molar-refractivity contribution is -0.274. The third kappa shape index (κ3) is 28.3. The fraction of sp³-hybridized carbons (Fsp3) is 0.614. The topological polar surface area (TPSA) is 95.5 Å². The molecule has 0 bridgehead atoms. The minimum atomic E-state index is -0.965. The molecule has 1 amide bonds. The van der Waals surface area contributed by atoms with Crippen molar-refractivity contribution in [2.45, 2.75) is 264 Å². The molecule has 432 valence electrons. The van der Waals surface area contributed by atoms with Gasteiger partial charge in [-0.15, -0.1) is 0 Å². The predicted octanol–water partition coefficient (Wildman–Crippen LogP) is 17.3. The van der Waals surface area contributed by atoms with Gasteiger partial charge < -0.3 is 34.1 Å². The van der Waals surface area contributed by atoms with E-state index in [4.69, 9.17) is 23.7 Å². The van der Waals surface area contributed by atoms with Gasteiger partial charge in [0.25, 0.3) is 0 Å². The molecule has 1 aliphatic heterocycles. The molecule has 4 aromatic rings. The van der Waals surface area contributed by atoms with Crippen LogP contribution in [0.25, 0.3) is 0 Å². The number of carbonyl (C=O) groups is 1. The van der Waals surface area contributed by atoms with Gasteiger partial charge >= 0.3 is 0 Å². The molecule has 8 heteroatoms. The van der Waals surface area contributed by atoms with Gasteiger partial charge in [0.15, 0.2) is 0 Å². The molecule has 1 fully saturated rings. The molecule has 78 heavy (non-hydrogen) atoms. The molecule has 5 rings (SSSR count). The fourth-order valence-corrected chi connectivity index (χ4v) is 10.7. The molecule has 1 heterocycles. The number of aliphatic hydroxyl groups excluding tert-OH is 1. The zero-order valence-corrected chi connectivity index (χ0v) is 49.1. The molecule has 2 N–H and O–H groups in total. The predicted molar refractivity (Wildman–Crippen MR) is 322 cm³/mol. The molecule has 8 nitrogen and oxygen atoms in total. The van der Waals surface area contributed by atoms with Gasteiger partial charge in [0.2, 0.25) is 5.91 Å². The van der Waals surface area contributed by atoms with E-state index in [0.29, 0.717) is 32.8 Å². The summed E-state index contributed by atoms with van der Waals surface area (Å²) in [6.45, 7) is 10.4. The van der Waals surface area contributed by atoms with Crippen molar-refractivity contribution in [2.75, 3.05) is 6.61 Å². The Morgan fingerprint density at radius 1 is 0.513 bits per heavy atom. The average Bonchev–Trinajstić information content (AvgIpc) is 3.48. The number of allylic oxidation sites excluding steroid dienone is 1. The van der Waals surface area contributed by atoms with Crippen LogP contribution in [0.5, 0.6) is 0 Å². The van der Waals surface area contributed by atoms with Crippen LogP contribution in [-0.2, 0) is 54.9 Å². The van der Waals surface area contributed by atoms with Crippen LogP contribution in [0.1, 0.15) is 217 Å². The van der Waals surface area contributed by atoms with Crippen molar-refractivity contribution in [3.05, 3.63) is 156 Å². The summed E-state index contributed by atoms with van der Waals surface area (Å²) in [5.41, 5.74) is 4.16. The van der Waals surface area contributed by atoms with Crippen LogP contribution in [-0.4, -0.2) is 60.3 Å². The van der Waals surface area contributed by atoms with Gasteiger partial charge in [0, 0.05) is 6.42 Å². The van der Waals surface area contributed by atoms with Crippen molar-refractivity contribution in [1.29, 1.82) is 0 Å². The molecule has 1 saturated heterocycles. The number of amides is 1. The zero-order valence-electron chi connectivity index (χ0n) is 49.1. The van der Waals surface area contributed by atoms with E-state index in [2.05, 4.69) is 81.5 Å². The lowest BCUT2D eigenvalue weighted by Gasteiger charge is -2.47. The summed E-state index contributed by atoms with van der Waals surface area (Å²) in [4.78, 5) is 14.0. The van der Waals surface area contributed by atoms with E-state index < -0.39 is 42.7 Å². The molecule has 0 spiro atoms. The summed E-state index contributed by atoms with van der Waals surface area (Å²) in [5.74, 6) is -0.0620. The number of hydrogen-bond donors (Lipinski definition) is 2. The Morgan fingerprint density at radius 3 is 1.27 bits per heavy atom. The van der Waals surface area contributed by atoms with Gasteiger partial charge in [0.05, 0.1) is 51.3 Å². The van der Waals surface area contributed by atoms with Gasteiger partial charge in [-0.25, -0.2) is 0 Å². The van der Waals surface area contributed by atoms with Crippen molar-refractivity contribution in [1.82, 2.24) is 5.32 Å². The maximum absolute atomic E-state index is 14.0. The smallest absolute Gasteiger partial charge is 0.220 e. The molecular formula is C70H105NO7. The highest BCUT2D eigenvalue weighted by atomic mass is 16.6. The third-order valence-electron chi connectivity index (χ3n) is 15.3. The van der Waals surface area contributed by atoms with E-state index in [1.54, 1.807) is 0 Å². The molecule has 0 radical (unpaired) electrons. The maximum Gasteiger partial charge on any atom is 0.220 e. The Balaban J connectivity index is 1.18. The van der Waals surface area contributed by atoms with Crippen molar-refractivity contribution in [3.8, 4) is 0 Å². The van der Waals surface area contributed by atoms with Crippen LogP contribution < -0.4 is 5.32 Å². The summed E-state index contributed by atoms with van der Waals surface area (Å²) >= 11 is 0. The summed E-state index contributed by atoms with van der Waals surface area (Å²) in [7, 11) is 0. The van der Waals surface area contributed by atoms with E-state index in [0.717, 1.165) is 47.9 Å². The van der Waals surface area contributed by atoms with Crippen molar-refractivity contribution < 1.29 is 33.6 Å². The quantitative estimate of drug-likeness (QED) is 0.0337. The number of aliphatic hydroxyl groups is 1. The minimum absolute atomic E-state index is 0.0361. The van der Waals surface area contributed by atoms with Gasteiger partial charge in [-0.2, -0.15) is 0 Å². The van der Waals surface area contributed by atoms with Crippen LogP contribution in [0, 0.1) is 5.41 Å². The number of nitrogens with one attached hydrogen (secondary N) is 1. The minimum Gasteiger partial charge on any atom is -0.387 e. The highest BCUT2D eigenvalue weighted by molar-refractivity contribution is 5.76. The summed E-state index contributed by atoms with van der Waals surface area (Å²) in [5, 5.41) is 15.4. The second-order valence-corrected chi connectivity index (χ2v) is 23.6. The highest BCUT2D eigenvalue weighted by Crippen LogP contribution is 2.34. The van der Waals surface area contributed by atoms with E-state index in [-0.39, 0.29) is 24.3 Å². The van der Waals surface area contributed by atoms with E-state index in [1.807, 2.05) is 84.9 Å². The van der Waals surface area contributed by atoms with Crippen molar-refractivity contribution >= 4 is 5.91 Å². The first kappa shape index (κ1) is 64.7. The number of rotatable bonds is 43. The van der Waals surface area contributed by atoms with Crippen LogP contribution in [0.15, 0.2) is 133 Å². The van der Waals surface area contributed by atoms with Crippen LogP contribution in [0.2, 0.25) is 0 Å². The Morgan fingerprint density at radius 2 is 0.872 bits per heavy atom. The lowest BCUT2D eigenvalue weighted by atomic mass is 9.88. The average molecular weight is 1070 g/mol. The van der Waals surface area contributed by atoms with E-state index >= 15 is 0 Å². The Bertz CT molecular complexity index is 2080. The molecule has 0 aliphatic carbocycles. The van der Waals surface area contributed by atoms with Gasteiger partial charge in [-0.1, -0.05) is 302 Å². The summed E-state index contributed by atoms with van der Waals surface area (Å²) in [6.07, 6.45) is 32.0. The Hall–Kier alpha value is -4.15. The lowest BCUT2D eigenvalue weighted by Crippen LogP contribution is -2.62. The Kier molecular flexibility index (Phi) is 33.2. The second kappa shape index (κ2) is 40.1. The molecule has 0 aromatic heterocycles. The van der Waals surface area contributed by atoms with Gasteiger partial charge in [0.1, 0.15) is 24.4 Å². The van der Waals surface area contributed by atoms with E-state index in [9.17, 15) is 9.90 Å². The van der Waals surface area contributed by atoms with Crippen molar-refractivity contribution in [2.24, 2.45) is 5.41 Å². The van der Waals surface area contributed by atoms with Crippen molar-refractivity contribution in [3.63, 3.8) is 0 Å². The molecule has 0 unspecified atom stereocenters. The largest absolute Gasteiger partial charge is 0.387 e. The molecule has 4 aromatic carbocycles. The maximum atomic E-state index is 14.0. The highest BCUT2D eigenvalue weighted by Gasteiger charge is 2.49. The van der Waals surface area contributed by atoms with Gasteiger partial charge in [-0.3, -0.25) is 4.79 Å². The monoisotopic (exact) mass is 1070 g/mol. The first-order valence-corrected chi connectivity index (χ1v) is 31.1. The SMILES string of the molecule is CCCCCCCCCCCCCCCCCCCCCCCCCC(=O)N[C@@H](C[C@H]1O[C@H](COCc2ccccc2)[C@H](OCc2ccccc2)[C@H](OCc2ccccc2)[C@H]1OCc1ccccc1)[C@H](O)C=CCC(C)(C)C. The number of carbonyl (C=O) groups excluding carboxylic acids is 1. The molecular weight excluding hydrogens is 967 g/mol. The Labute approximate surface area is 474 Å².